The number of carbonyl (C=O) groups is 2. The third-order valence-electron chi connectivity index (χ3n) is 5.43. The summed E-state index contributed by atoms with van der Waals surface area (Å²) in [7, 11) is 1.64. The van der Waals surface area contributed by atoms with Crippen molar-refractivity contribution in [3.63, 3.8) is 0 Å². The molecule has 3 rings (SSSR count). The van der Waals surface area contributed by atoms with Gasteiger partial charge < -0.3 is 19.4 Å². The van der Waals surface area contributed by atoms with Crippen LogP contribution in [0.15, 0.2) is 22.8 Å². The highest BCUT2D eigenvalue weighted by Crippen LogP contribution is 2.24. The molecule has 0 spiro atoms. The maximum absolute atomic E-state index is 12.4. The first-order chi connectivity index (χ1) is 12.7. The highest BCUT2D eigenvalue weighted by Gasteiger charge is 2.32. The Labute approximate surface area is 154 Å². The first-order valence-electron chi connectivity index (χ1n) is 9.52. The maximum atomic E-state index is 12.4. The number of piperidine rings is 2. The van der Waals surface area contributed by atoms with E-state index in [-0.39, 0.29) is 17.7 Å². The van der Waals surface area contributed by atoms with E-state index in [9.17, 15) is 9.59 Å². The average molecular weight is 363 g/mol. The van der Waals surface area contributed by atoms with Crippen LogP contribution in [0.1, 0.15) is 36.2 Å². The molecule has 0 aromatic carbocycles. The van der Waals surface area contributed by atoms with Gasteiger partial charge in [-0.2, -0.15) is 0 Å². The van der Waals surface area contributed by atoms with Crippen molar-refractivity contribution in [2.75, 3.05) is 46.4 Å². The van der Waals surface area contributed by atoms with Gasteiger partial charge in [-0.1, -0.05) is 0 Å². The lowest BCUT2D eigenvalue weighted by Gasteiger charge is -2.41. The van der Waals surface area contributed by atoms with Crippen LogP contribution < -0.4 is 5.32 Å². The van der Waals surface area contributed by atoms with Crippen molar-refractivity contribution in [2.45, 2.75) is 31.7 Å². The van der Waals surface area contributed by atoms with Crippen molar-refractivity contribution in [3.05, 3.63) is 24.2 Å². The van der Waals surface area contributed by atoms with Gasteiger partial charge in [0.15, 0.2) is 5.76 Å². The Balaban J connectivity index is 1.46. The van der Waals surface area contributed by atoms with Crippen LogP contribution in [0.3, 0.4) is 0 Å². The number of furan rings is 1. The van der Waals surface area contributed by atoms with Crippen molar-refractivity contribution in [1.82, 2.24) is 15.1 Å². The van der Waals surface area contributed by atoms with Crippen LogP contribution in [-0.4, -0.2) is 74.1 Å². The molecule has 2 aliphatic heterocycles. The molecule has 3 heterocycles. The minimum absolute atomic E-state index is 0.0255. The molecule has 1 N–H and O–H groups in total. The Kier molecular flexibility index (Phi) is 6.68. The predicted octanol–water partition coefficient (Wildman–Crippen LogP) is 1.36. The first kappa shape index (κ1) is 18.9. The van der Waals surface area contributed by atoms with Crippen molar-refractivity contribution in [3.8, 4) is 0 Å². The smallest absolute Gasteiger partial charge is 0.289 e. The SMILES string of the molecule is COCCNC(=O)C1CCCN(C2CCN(C(=O)c3ccco3)CC2)C1. The molecule has 1 unspecified atom stereocenters. The van der Waals surface area contributed by atoms with Crippen LogP contribution in [0.5, 0.6) is 0 Å². The Hall–Kier alpha value is -1.86. The summed E-state index contributed by atoms with van der Waals surface area (Å²) in [5.74, 6) is 0.581. The van der Waals surface area contributed by atoms with E-state index in [2.05, 4.69) is 10.2 Å². The number of amides is 2. The van der Waals surface area contributed by atoms with Gasteiger partial charge in [0.2, 0.25) is 5.91 Å². The second-order valence-corrected chi connectivity index (χ2v) is 7.12. The van der Waals surface area contributed by atoms with Crippen LogP contribution in [-0.2, 0) is 9.53 Å². The van der Waals surface area contributed by atoms with Crippen LogP contribution in [0.25, 0.3) is 0 Å². The number of nitrogens with zero attached hydrogens (tertiary/aromatic N) is 2. The van der Waals surface area contributed by atoms with Gasteiger partial charge in [0, 0.05) is 39.3 Å². The summed E-state index contributed by atoms with van der Waals surface area (Å²) in [5.41, 5.74) is 0. The molecule has 0 saturated carbocycles. The van der Waals surface area contributed by atoms with E-state index < -0.39 is 0 Å². The highest BCUT2D eigenvalue weighted by atomic mass is 16.5. The number of methoxy groups -OCH3 is 1. The minimum Gasteiger partial charge on any atom is -0.459 e. The fourth-order valence-electron chi connectivity index (χ4n) is 3.96. The van der Waals surface area contributed by atoms with Crippen LogP contribution >= 0.6 is 0 Å². The summed E-state index contributed by atoms with van der Waals surface area (Å²) < 4.78 is 10.2. The molecule has 7 heteroatoms. The Morgan fingerprint density at radius 3 is 2.77 bits per heavy atom. The number of hydrogen-bond acceptors (Lipinski definition) is 5. The minimum atomic E-state index is -0.0255. The van der Waals surface area contributed by atoms with E-state index >= 15 is 0 Å². The van der Waals surface area contributed by atoms with E-state index in [4.69, 9.17) is 9.15 Å². The molecule has 26 heavy (non-hydrogen) atoms. The molecule has 2 fully saturated rings. The van der Waals surface area contributed by atoms with E-state index in [0.29, 0.717) is 25.0 Å². The number of carbonyl (C=O) groups excluding carboxylic acids is 2. The molecule has 2 amide bonds. The quantitative estimate of drug-likeness (QED) is 0.773. The Morgan fingerprint density at radius 2 is 2.08 bits per heavy atom. The zero-order valence-electron chi connectivity index (χ0n) is 15.5. The fraction of sp³-hybridized carbons (Fsp3) is 0.684. The molecule has 1 atom stereocenters. The molecule has 2 aliphatic rings. The molecule has 144 valence electrons. The Bertz CT molecular complexity index is 582. The van der Waals surface area contributed by atoms with Gasteiger partial charge in [-0.3, -0.25) is 14.5 Å². The third kappa shape index (κ3) is 4.65. The summed E-state index contributed by atoms with van der Waals surface area (Å²) in [5, 5.41) is 2.96. The molecular weight excluding hydrogens is 334 g/mol. The van der Waals surface area contributed by atoms with Gasteiger partial charge in [0.1, 0.15) is 0 Å². The molecule has 0 bridgehead atoms. The number of hydrogen-bond donors (Lipinski definition) is 1. The largest absolute Gasteiger partial charge is 0.459 e. The van der Waals surface area contributed by atoms with Gasteiger partial charge in [-0.25, -0.2) is 0 Å². The van der Waals surface area contributed by atoms with E-state index in [1.54, 1.807) is 19.2 Å². The highest BCUT2D eigenvalue weighted by molar-refractivity contribution is 5.91. The molecule has 7 nitrogen and oxygen atoms in total. The predicted molar refractivity (Wildman–Crippen MR) is 96.8 cm³/mol. The van der Waals surface area contributed by atoms with Crippen LogP contribution in [0.2, 0.25) is 0 Å². The number of ether oxygens (including phenoxy) is 1. The molecule has 0 radical (unpaired) electrons. The standard InChI is InChI=1S/C19H29N3O4/c1-25-13-8-20-18(23)15-4-2-9-22(14-15)16-6-10-21(11-7-16)19(24)17-5-3-12-26-17/h3,5,12,15-16H,2,4,6-11,13-14H2,1H3,(H,20,23). The van der Waals surface area contributed by atoms with Crippen LogP contribution in [0, 0.1) is 5.92 Å². The van der Waals surface area contributed by atoms with E-state index in [0.717, 1.165) is 51.9 Å². The first-order valence-corrected chi connectivity index (χ1v) is 9.52. The summed E-state index contributed by atoms with van der Waals surface area (Å²) in [6.07, 6.45) is 5.43. The normalized spacial score (nSPS) is 22.3. The van der Waals surface area contributed by atoms with Crippen molar-refractivity contribution < 1.29 is 18.7 Å². The lowest BCUT2D eigenvalue weighted by molar-refractivity contribution is -0.127. The lowest BCUT2D eigenvalue weighted by Crippen LogP contribution is -2.51. The number of nitrogens with one attached hydrogen (secondary N) is 1. The molecule has 2 saturated heterocycles. The second-order valence-electron chi connectivity index (χ2n) is 7.12. The van der Waals surface area contributed by atoms with E-state index in [1.807, 2.05) is 4.90 Å². The molecule has 1 aromatic heterocycles. The lowest BCUT2D eigenvalue weighted by atomic mass is 9.93. The molecule has 0 aliphatic carbocycles. The summed E-state index contributed by atoms with van der Waals surface area (Å²) >= 11 is 0. The van der Waals surface area contributed by atoms with Gasteiger partial charge in [-0.05, 0) is 44.4 Å². The third-order valence-corrected chi connectivity index (χ3v) is 5.43. The Morgan fingerprint density at radius 1 is 1.27 bits per heavy atom. The molecule has 1 aromatic rings. The monoisotopic (exact) mass is 363 g/mol. The summed E-state index contributed by atoms with van der Waals surface area (Å²) in [6, 6.07) is 3.91. The van der Waals surface area contributed by atoms with Crippen molar-refractivity contribution in [2.24, 2.45) is 5.92 Å². The van der Waals surface area contributed by atoms with Gasteiger partial charge >= 0.3 is 0 Å². The fourth-order valence-corrected chi connectivity index (χ4v) is 3.96. The zero-order chi connectivity index (χ0) is 18.4. The van der Waals surface area contributed by atoms with Gasteiger partial charge in [-0.15, -0.1) is 0 Å². The van der Waals surface area contributed by atoms with Crippen molar-refractivity contribution in [1.29, 1.82) is 0 Å². The topological polar surface area (TPSA) is 75.0 Å². The summed E-state index contributed by atoms with van der Waals surface area (Å²) in [6.45, 7) is 4.45. The number of likely N-dealkylation sites (tertiary alicyclic amines) is 2. The maximum Gasteiger partial charge on any atom is 0.289 e. The summed E-state index contributed by atoms with van der Waals surface area (Å²) in [4.78, 5) is 29.0. The van der Waals surface area contributed by atoms with Gasteiger partial charge in [0.05, 0.1) is 18.8 Å². The zero-order valence-corrected chi connectivity index (χ0v) is 15.5. The second kappa shape index (κ2) is 9.19. The van der Waals surface area contributed by atoms with E-state index in [1.165, 1.54) is 6.26 Å². The van der Waals surface area contributed by atoms with Gasteiger partial charge in [0.25, 0.3) is 5.91 Å². The van der Waals surface area contributed by atoms with Crippen LogP contribution in [0.4, 0.5) is 0 Å². The molecular formula is C19H29N3O4. The average Bonchev–Trinajstić information content (AvgIpc) is 3.22. The number of rotatable bonds is 6. The van der Waals surface area contributed by atoms with Crippen molar-refractivity contribution >= 4 is 11.8 Å².